The number of rotatable bonds is 4. The third-order valence-electron chi connectivity index (χ3n) is 6.03. The van der Waals surface area contributed by atoms with E-state index in [0.29, 0.717) is 17.3 Å². The molecule has 0 bridgehead atoms. The number of nitrogens with zero attached hydrogens (tertiary/aromatic N) is 2. The first kappa shape index (κ1) is 20.6. The van der Waals surface area contributed by atoms with Crippen molar-refractivity contribution in [2.45, 2.75) is 25.7 Å². The van der Waals surface area contributed by atoms with Crippen molar-refractivity contribution in [3.05, 3.63) is 71.9 Å². The fraction of sp³-hybridized carbons (Fsp3) is 0.240. The summed E-state index contributed by atoms with van der Waals surface area (Å²) in [7, 11) is 0. The highest BCUT2D eigenvalue weighted by Gasteiger charge is 2.22. The van der Waals surface area contributed by atoms with Crippen molar-refractivity contribution in [1.82, 2.24) is 9.88 Å². The average molecular weight is 415 g/mol. The van der Waals surface area contributed by atoms with Crippen molar-refractivity contribution in [2.75, 3.05) is 18.8 Å². The Kier molecular flexibility index (Phi) is 5.71. The summed E-state index contributed by atoms with van der Waals surface area (Å²) < 4.78 is 0. The minimum Gasteiger partial charge on any atom is -0.383 e. The van der Waals surface area contributed by atoms with Gasteiger partial charge in [-0.25, -0.2) is 4.98 Å². The third kappa shape index (κ3) is 4.43. The number of amides is 2. The van der Waals surface area contributed by atoms with E-state index in [4.69, 9.17) is 11.5 Å². The summed E-state index contributed by atoms with van der Waals surface area (Å²) in [6, 6.07) is 17.6. The molecule has 0 radical (unpaired) electrons. The lowest BCUT2D eigenvalue weighted by Crippen LogP contribution is -2.36. The van der Waals surface area contributed by atoms with Crippen LogP contribution >= 0.6 is 0 Å². The molecule has 31 heavy (non-hydrogen) atoms. The normalized spacial score (nSPS) is 14.4. The Morgan fingerprint density at radius 3 is 2.32 bits per heavy atom. The number of primary amides is 1. The number of nitrogen functional groups attached to an aromatic ring is 1. The summed E-state index contributed by atoms with van der Waals surface area (Å²) in [5, 5.41) is 0. The third-order valence-corrected chi connectivity index (χ3v) is 6.03. The maximum absolute atomic E-state index is 11.6. The Balaban J connectivity index is 1.60. The zero-order valence-electron chi connectivity index (χ0n) is 17.5. The molecule has 0 unspecified atom stereocenters. The molecule has 2 heterocycles. The van der Waals surface area contributed by atoms with Crippen molar-refractivity contribution in [2.24, 2.45) is 5.73 Å². The summed E-state index contributed by atoms with van der Waals surface area (Å²) in [4.78, 5) is 29.2. The Morgan fingerprint density at radius 2 is 1.68 bits per heavy atom. The Morgan fingerprint density at radius 1 is 0.968 bits per heavy atom. The number of hydrogen-bond donors (Lipinski definition) is 2. The van der Waals surface area contributed by atoms with Crippen LogP contribution < -0.4 is 11.5 Å². The molecule has 1 aliphatic rings. The molecule has 1 aliphatic heterocycles. The topological polar surface area (TPSA) is 102 Å². The highest BCUT2D eigenvalue weighted by molar-refractivity contribution is 5.93. The molecule has 4 N–H and O–H groups in total. The molecule has 1 fully saturated rings. The lowest BCUT2D eigenvalue weighted by atomic mass is 9.87. The highest BCUT2D eigenvalue weighted by Crippen LogP contribution is 2.33. The SMILES string of the molecule is CC(=O)N1CCC(c2cccc(-c3cnc(N)c(-c4ccc(C(N)=O)cc4)c3)c2)CC1. The molecular formula is C25H26N4O2. The van der Waals surface area contributed by atoms with Gasteiger partial charge < -0.3 is 16.4 Å². The van der Waals surface area contributed by atoms with Gasteiger partial charge in [-0.2, -0.15) is 0 Å². The molecule has 2 aromatic carbocycles. The first-order chi connectivity index (χ1) is 14.9. The van der Waals surface area contributed by atoms with Crippen molar-refractivity contribution in [3.63, 3.8) is 0 Å². The molecule has 6 nitrogen and oxygen atoms in total. The first-order valence-corrected chi connectivity index (χ1v) is 10.4. The van der Waals surface area contributed by atoms with Crippen LogP contribution in [0.15, 0.2) is 60.8 Å². The fourth-order valence-corrected chi connectivity index (χ4v) is 4.18. The number of piperidine rings is 1. The molecule has 158 valence electrons. The number of carbonyl (C=O) groups is 2. The monoisotopic (exact) mass is 414 g/mol. The molecular weight excluding hydrogens is 388 g/mol. The fourth-order valence-electron chi connectivity index (χ4n) is 4.18. The maximum atomic E-state index is 11.6. The van der Waals surface area contributed by atoms with E-state index in [1.165, 1.54) is 5.56 Å². The van der Waals surface area contributed by atoms with Crippen LogP contribution in [0.2, 0.25) is 0 Å². The van der Waals surface area contributed by atoms with E-state index in [1.54, 1.807) is 25.3 Å². The summed E-state index contributed by atoms with van der Waals surface area (Å²) in [6.07, 6.45) is 3.73. The molecule has 3 aromatic rings. The Bertz CT molecular complexity index is 1120. The quantitative estimate of drug-likeness (QED) is 0.677. The van der Waals surface area contributed by atoms with E-state index in [2.05, 4.69) is 29.2 Å². The first-order valence-electron chi connectivity index (χ1n) is 10.4. The van der Waals surface area contributed by atoms with Crippen molar-refractivity contribution in [1.29, 1.82) is 0 Å². The summed E-state index contributed by atoms with van der Waals surface area (Å²) in [5.74, 6) is 0.565. The molecule has 1 aromatic heterocycles. The largest absolute Gasteiger partial charge is 0.383 e. The van der Waals surface area contributed by atoms with E-state index >= 15 is 0 Å². The summed E-state index contributed by atoms with van der Waals surface area (Å²) >= 11 is 0. The van der Waals surface area contributed by atoms with Gasteiger partial charge in [0.2, 0.25) is 11.8 Å². The lowest BCUT2D eigenvalue weighted by molar-refractivity contribution is -0.129. The molecule has 0 aliphatic carbocycles. The van der Waals surface area contributed by atoms with Gasteiger partial charge in [-0.15, -0.1) is 0 Å². The van der Waals surface area contributed by atoms with Gasteiger partial charge in [0.25, 0.3) is 0 Å². The second-order valence-corrected chi connectivity index (χ2v) is 8.00. The van der Waals surface area contributed by atoms with Gasteiger partial charge in [-0.1, -0.05) is 36.4 Å². The molecule has 0 spiro atoms. The highest BCUT2D eigenvalue weighted by atomic mass is 16.2. The van der Waals surface area contributed by atoms with E-state index in [1.807, 2.05) is 23.1 Å². The van der Waals surface area contributed by atoms with Crippen LogP contribution in [0.25, 0.3) is 22.3 Å². The van der Waals surface area contributed by atoms with Gasteiger partial charge in [0, 0.05) is 42.9 Å². The van der Waals surface area contributed by atoms with Crippen molar-refractivity contribution < 1.29 is 9.59 Å². The van der Waals surface area contributed by atoms with Crippen LogP contribution in [-0.4, -0.2) is 34.8 Å². The Hall–Kier alpha value is -3.67. The average Bonchev–Trinajstić information content (AvgIpc) is 2.79. The van der Waals surface area contributed by atoms with Gasteiger partial charge in [-0.05, 0) is 53.6 Å². The van der Waals surface area contributed by atoms with Gasteiger partial charge in [-0.3, -0.25) is 9.59 Å². The lowest BCUT2D eigenvalue weighted by Gasteiger charge is -2.31. The second kappa shape index (κ2) is 8.60. The summed E-state index contributed by atoms with van der Waals surface area (Å²) in [5.41, 5.74) is 17.0. The smallest absolute Gasteiger partial charge is 0.248 e. The van der Waals surface area contributed by atoms with Crippen LogP contribution in [0.5, 0.6) is 0 Å². The molecule has 6 heteroatoms. The van der Waals surface area contributed by atoms with Crippen molar-refractivity contribution in [3.8, 4) is 22.3 Å². The molecule has 0 saturated carbocycles. The van der Waals surface area contributed by atoms with E-state index in [0.717, 1.165) is 48.2 Å². The van der Waals surface area contributed by atoms with Crippen LogP contribution in [0.1, 0.15) is 41.6 Å². The zero-order chi connectivity index (χ0) is 22.0. The summed E-state index contributed by atoms with van der Waals surface area (Å²) in [6.45, 7) is 3.24. The second-order valence-electron chi connectivity index (χ2n) is 8.00. The van der Waals surface area contributed by atoms with Crippen LogP contribution in [0.4, 0.5) is 5.82 Å². The number of pyridine rings is 1. The predicted molar refractivity (Wildman–Crippen MR) is 122 cm³/mol. The van der Waals surface area contributed by atoms with Crippen LogP contribution in [0, 0.1) is 0 Å². The van der Waals surface area contributed by atoms with Crippen LogP contribution in [0.3, 0.4) is 0 Å². The minimum atomic E-state index is -0.461. The maximum Gasteiger partial charge on any atom is 0.248 e. The van der Waals surface area contributed by atoms with Crippen molar-refractivity contribution >= 4 is 17.6 Å². The van der Waals surface area contributed by atoms with Crippen LogP contribution in [-0.2, 0) is 4.79 Å². The van der Waals surface area contributed by atoms with Gasteiger partial charge >= 0.3 is 0 Å². The van der Waals surface area contributed by atoms with Gasteiger partial charge in [0.15, 0.2) is 0 Å². The Labute approximate surface area is 181 Å². The van der Waals surface area contributed by atoms with E-state index < -0.39 is 5.91 Å². The molecule has 1 saturated heterocycles. The molecule has 0 atom stereocenters. The van der Waals surface area contributed by atoms with E-state index in [-0.39, 0.29) is 5.91 Å². The number of hydrogen-bond acceptors (Lipinski definition) is 4. The minimum absolute atomic E-state index is 0.150. The number of benzene rings is 2. The van der Waals surface area contributed by atoms with Gasteiger partial charge in [0.05, 0.1) is 0 Å². The number of aromatic nitrogens is 1. The number of anilines is 1. The number of likely N-dealkylation sites (tertiary alicyclic amines) is 1. The van der Waals surface area contributed by atoms with E-state index in [9.17, 15) is 9.59 Å². The number of nitrogens with two attached hydrogens (primary N) is 2. The standard InChI is InChI=1S/C25H26N4O2/c1-16(30)29-11-9-17(10-12-29)20-3-2-4-21(13-20)22-14-23(24(26)28-15-22)18-5-7-19(8-6-18)25(27)31/h2-8,13-15,17H,9-12H2,1H3,(H2,26,28)(H2,27,31). The zero-order valence-corrected chi connectivity index (χ0v) is 17.5. The van der Waals surface area contributed by atoms with Gasteiger partial charge in [0.1, 0.15) is 5.82 Å². The number of carbonyl (C=O) groups excluding carboxylic acids is 2. The predicted octanol–water partition coefficient (Wildman–Crippen LogP) is 3.82. The molecule has 2 amide bonds. The molecule has 4 rings (SSSR count).